The molecular weight excluding hydrogens is 298 g/mol. The van der Waals surface area contributed by atoms with Crippen molar-refractivity contribution in [3.8, 4) is 11.6 Å². The van der Waals surface area contributed by atoms with E-state index in [4.69, 9.17) is 0 Å². The molecule has 1 amide bonds. The van der Waals surface area contributed by atoms with Crippen LogP contribution in [0.15, 0.2) is 33.9 Å². The number of hydrogen-bond acceptors (Lipinski definition) is 4. The van der Waals surface area contributed by atoms with Gasteiger partial charge in [-0.05, 0) is 25.0 Å². The molecule has 1 heterocycles. The number of nitrogens with zero attached hydrogens (tertiary/aromatic N) is 1. The first-order chi connectivity index (χ1) is 11.0. The Morgan fingerprint density at radius 2 is 2.00 bits per heavy atom. The molecule has 0 bridgehead atoms. The van der Waals surface area contributed by atoms with Crippen LogP contribution in [0.25, 0.3) is 5.69 Å². The van der Waals surface area contributed by atoms with Crippen LogP contribution in [0.4, 0.5) is 0 Å². The van der Waals surface area contributed by atoms with Gasteiger partial charge < -0.3 is 10.4 Å². The van der Waals surface area contributed by atoms with E-state index in [1.54, 1.807) is 31.2 Å². The summed E-state index contributed by atoms with van der Waals surface area (Å²) in [4.78, 5) is 38.2. The first-order valence-electron chi connectivity index (χ1n) is 7.39. The minimum Gasteiger partial charge on any atom is -0.493 e. The van der Waals surface area contributed by atoms with E-state index in [0.29, 0.717) is 17.8 Å². The maximum Gasteiger partial charge on any atom is 0.335 e. The second-order valence-electron chi connectivity index (χ2n) is 5.19. The molecule has 7 nitrogen and oxygen atoms in total. The molecule has 0 aliphatic rings. The summed E-state index contributed by atoms with van der Waals surface area (Å²) in [6.45, 7) is 4.11. The number of benzene rings is 1. The molecule has 0 aliphatic carbocycles. The first-order valence-corrected chi connectivity index (χ1v) is 7.39. The van der Waals surface area contributed by atoms with Gasteiger partial charge in [0.25, 0.3) is 11.5 Å². The number of aromatic amines is 1. The van der Waals surface area contributed by atoms with Crippen molar-refractivity contribution in [2.24, 2.45) is 0 Å². The number of H-pyrrole nitrogens is 1. The number of para-hydroxylation sites is 1. The summed E-state index contributed by atoms with van der Waals surface area (Å²) >= 11 is 0. The molecule has 0 atom stereocenters. The van der Waals surface area contributed by atoms with Crippen molar-refractivity contribution in [3.63, 3.8) is 0 Å². The van der Waals surface area contributed by atoms with Crippen LogP contribution in [-0.4, -0.2) is 27.1 Å². The lowest BCUT2D eigenvalue weighted by molar-refractivity contribution is 0.0947. The summed E-state index contributed by atoms with van der Waals surface area (Å²) in [5.74, 6) is -1.37. The Morgan fingerprint density at radius 1 is 1.30 bits per heavy atom. The zero-order valence-corrected chi connectivity index (χ0v) is 13.0. The number of rotatable bonds is 5. The van der Waals surface area contributed by atoms with Crippen molar-refractivity contribution in [2.75, 3.05) is 6.54 Å². The molecule has 122 valence electrons. The van der Waals surface area contributed by atoms with Gasteiger partial charge >= 0.3 is 5.69 Å². The largest absolute Gasteiger partial charge is 0.493 e. The molecule has 0 fully saturated rings. The van der Waals surface area contributed by atoms with E-state index in [1.165, 1.54) is 0 Å². The van der Waals surface area contributed by atoms with E-state index in [1.807, 2.05) is 6.92 Å². The maximum atomic E-state index is 12.1. The topological polar surface area (TPSA) is 104 Å². The molecule has 1 aromatic carbocycles. The highest BCUT2D eigenvalue weighted by Gasteiger charge is 2.22. The van der Waals surface area contributed by atoms with Crippen molar-refractivity contribution in [2.45, 2.75) is 26.7 Å². The summed E-state index contributed by atoms with van der Waals surface area (Å²) in [7, 11) is 0. The standard InChI is InChI=1S/C16H19N3O4/c1-3-4-9-17-13(20)12-14(21)18-16(23)19(15(12)22)11-8-6-5-7-10(11)2/h5-8,22H,3-4,9H2,1-2H3,(H,17,20)(H,18,21,23). The van der Waals surface area contributed by atoms with E-state index in [2.05, 4.69) is 10.3 Å². The van der Waals surface area contributed by atoms with Crippen LogP contribution in [0, 0.1) is 6.92 Å². The predicted molar refractivity (Wildman–Crippen MR) is 86.3 cm³/mol. The molecule has 3 N–H and O–H groups in total. The van der Waals surface area contributed by atoms with Crippen LogP contribution in [0.3, 0.4) is 0 Å². The third-order valence-corrected chi connectivity index (χ3v) is 3.49. The second kappa shape index (κ2) is 6.95. The van der Waals surface area contributed by atoms with Crippen molar-refractivity contribution >= 4 is 5.91 Å². The quantitative estimate of drug-likeness (QED) is 0.717. The number of amides is 1. The molecule has 2 rings (SSSR count). The Hall–Kier alpha value is -2.83. The SMILES string of the molecule is CCCCNC(=O)c1c(O)n(-c2ccccc2C)c(=O)[nH]c1=O. The normalized spacial score (nSPS) is 10.5. The molecule has 0 unspecified atom stereocenters. The monoisotopic (exact) mass is 317 g/mol. The van der Waals surface area contributed by atoms with E-state index in [0.717, 1.165) is 17.4 Å². The van der Waals surface area contributed by atoms with Crippen LogP contribution in [0.1, 0.15) is 35.7 Å². The zero-order chi connectivity index (χ0) is 17.0. The molecular formula is C16H19N3O4. The highest BCUT2D eigenvalue weighted by Crippen LogP contribution is 2.19. The van der Waals surface area contributed by atoms with Gasteiger partial charge in [0.05, 0.1) is 5.69 Å². The van der Waals surface area contributed by atoms with Gasteiger partial charge in [-0.2, -0.15) is 0 Å². The number of aryl methyl sites for hydroxylation is 1. The minimum absolute atomic E-state index is 0.387. The lowest BCUT2D eigenvalue weighted by Crippen LogP contribution is -2.37. The third kappa shape index (κ3) is 3.33. The number of carbonyl (C=O) groups is 1. The average molecular weight is 317 g/mol. The fourth-order valence-corrected chi connectivity index (χ4v) is 2.23. The van der Waals surface area contributed by atoms with Crippen LogP contribution in [0.2, 0.25) is 0 Å². The summed E-state index contributed by atoms with van der Waals surface area (Å²) in [5.41, 5.74) is -1.06. The van der Waals surface area contributed by atoms with E-state index >= 15 is 0 Å². The predicted octanol–water partition coefficient (Wildman–Crippen LogP) is 1.07. The van der Waals surface area contributed by atoms with Gasteiger partial charge in [0.1, 0.15) is 0 Å². The Labute approximate surface area is 132 Å². The number of carbonyl (C=O) groups excluding carboxylic acids is 1. The lowest BCUT2D eigenvalue weighted by atomic mass is 10.2. The van der Waals surface area contributed by atoms with Gasteiger partial charge in [-0.15, -0.1) is 0 Å². The molecule has 1 aromatic heterocycles. The smallest absolute Gasteiger partial charge is 0.335 e. The highest BCUT2D eigenvalue weighted by molar-refractivity contribution is 5.96. The fraction of sp³-hybridized carbons (Fsp3) is 0.312. The Bertz CT molecular complexity index is 836. The van der Waals surface area contributed by atoms with Gasteiger partial charge in [0.2, 0.25) is 5.88 Å². The van der Waals surface area contributed by atoms with E-state index in [9.17, 15) is 19.5 Å². The summed E-state index contributed by atoms with van der Waals surface area (Å²) in [6, 6.07) is 6.85. The van der Waals surface area contributed by atoms with Crippen LogP contribution >= 0.6 is 0 Å². The van der Waals surface area contributed by atoms with E-state index in [-0.39, 0.29) is 0 Å². The number of unbranched alkanes of at least 4 members (excludes halogenated alkanes) is 1. The van der Waals surface area contributed by atoms with Crippen molar-refractivity contribution < 1.29 is 9.90 Å². The van der Waals surface area contributed by atoms with Gasteiger partial charge in [-0.25, -0.2) is 9.36 Å². The molecule has 0 saturated heterocycles. The molecule has 2 aromatic rings. The summed E-state index contributed by atoms with van der Waals surface area (Å²) in [6.07, 6.45) is 1.63. The van der Waals surface area contributed by atoms with Gasteiger partial charge in [-0.1, -0.05) is 31.5 Å². The van der Waals surface area contributed by atoms with Crippen LogP contribution in [0.5, 0.6) is 5.88 Å². The third-order valence-electron chi connectivity index (χ3n) is 3.49. The number of aromatic hydroxyl groups is 1. The molecule has 23 heavy (non-hydrogen) atoms. The lowest BCUT2D eigenvalue weighted by Gasteiger charge is -2.13. The zero-order valence-electron chi connectivity index (χ0n) is 13.0. The van der Waals surface area contributed by atoms with Crippen molar-refractivity contribution in [1.29, 1.82) is 0 Å². The van der Waals surface area contributed by atoms with Crippen molar-refractivity contribution in [1.82, 2.24) is 14.9 Å². The highest BCUT2D eigenvalue weighted by atomic mass is 16.3. The summed E-state index contributed by atoms with van der Waals surface area (Å²) in [5, 5.41) is 12.9. The summed E-state index contributed by atoms with van der Waals surface area (Å²) < 4.78 is 0.922. The van der Waals surface area contributed by atoms with E-state index < -0.39 is 28.6 Å². The minimum atomic E-state index is -0.911. The molecule has 0 saturated carbocycles. The Kier molecular flexibility index (Phi) is 5.00. The van der Waals surface area contributed by atoms with Gasteiger partial charge in [-0.3, -0.25) is 14.6 Å². The Balaban J connectivity index is 2.57. The number of nitrogens with one attached hydrogen (secondary N) is 2. The fourth-order valence-electron chi connectivity index (χ4n) is 2.23. The Morgan fingerprint density at radius 3 is 2.65 bits per heavy atom. The number of aromatic nitrogens is 2. The van der Waals surface area contributed by atoms with Crippen LogP contribution < -0.4 is 16.6 Å². The van der Waals surface area contributed by atoms with Gasteiger partial charge in [0, 0.05) is 6.54 Å². The number of hydrogen-bond donors (Lipinski definition) is 3. The van der Waals surface area contributed by atoms with Crippen molar-refractivity contribution in [3.05, 3.63) is 56.2 Å². The molecule has 0 spiro atoms. The molecule has 7 heteroatoms. The maximum absolute atomic E-state index is 12.1. The van der Waals surface area contributed by atoms with Gasteiger partial charge in [0.15, 0.2) is 5.56 Å². The molecule has 0 aliphatic heterocycles. The molecule has 0 radical (unpaired) electrons. The average Bonchev–Trinajstić information content (AvgIpc) is 2.49. The van der Waals surface area contributed by atoms with Crippen LogP contribution in [-0.2, 0) is 0 Å². The first kappa shape index (κ1) is 16.5. The second-order valence-corrected chi connectivity index (χ2v) is 5.19.